The molecule has 5 nitrogen and oxygen atoms in total. The summed E-state index contributed by atoms with van der Waals surface area (Å²) in [6.45, 7) is 8.80. The Labute approximate surface area is 97.7 Å². The van der Waals surface area contributed by atoms with Gasteiger partial charge in [0.15, 0.2) is 0 Å². The minimum absolute atomic E-state index is 0.258. The molecule has 0 aliphatic heterocycles. The van der Waals surface area contributed by atoms with E-state index >= 15 is 0 Å². The zero-order chi connectivity index (χ0) is 12.8. The molecule has 0 bridgehead atoms. The van der Waals surface area contributed by atoms with E-state index in [4.69, 9.17) is 15.2 Å². The van der Waals surface area contributed by atoms with Gasteiger partial charge in [0, 0.05) is 25.6 Å². The molecule has 0 heterocycles. The van der Waals surface area contributed by atoms with Gasteiger partial charge in [0.1, 0.15) is 5.60 Å². The van der Waals surface area contributed by atoms with Crippen LogP contribution in [0.15, 0.2) is 0 Å². The molecule has 0 spiro atoms. The smallest absolute Gasteiger partial charge is 0.407 e. The molecular formula is C11H24N2O3. The lowest BCUT2D eigenvalue weighted by Crippen LogP contribution is -2.44. The Bertz CT molecular complexity index is 226. The number of carbonyl (C=O) groups excluding carboxylic acids is 1. The van der Waals surface area contributed by atoms with Crippen LogP contribution in [0.5, 0.6) is 0 Å². The second-order valence-electron chi connectivity index (χ2n) is 5.30. The molecule has 3 N–H and O–H groups in total. The number of alkyl carbamates (subject to hydrolysis) is 1. The van der Waals surface area contributed by atoms with E-state index in [1.807, 2.05) is 27.7 Å². The van der Waals surface area contributed by atoms with Gasteiger partial charge in [-0.25, -0.2) is 4.79 Å². The number of rotatable bonds is 5. The third-order valence-electron chi connectivity index (χ3n) is 2.04. The Morgan fingerprint density at radius 2 is 1.88 bits per heavy atom. The molecule has 0 fully saturated rings. The summed E-state index contributed by atoms with van der Waals surface area (Å²) in [5, 5.41) is 2.69. The quantitative estimate of drug-likeness (QED) is 0.745. The van der Waals surface area contributed by atoms with E-state index in [-0.39, 0.29) is 5.41 Å². The first-order chi connectivity index (χ1) is 7.22. The number of methoxy groups -OCH3 is 1. The van der Waals surface area contributed by atoms with E-state index in [0.29, 0.717) is 19.7 Å². The third-order valence-corrected chi connectivity index (χ3v) is 2.04. The molecule has 16 heavy (non-hydrogen) atoms. The minimum Gasteiger partial charge on any atom is -0.444 e. The lowest BCUT2D eigenvalue weighted by Gasteiger charge is -2.28. The average Bonchev–Trinajstić information content (AvgIpc) is 2.13. The van der Waals surface area contributed by atoms with Crippen molar-refractivity contribution in [2.75, 3.05) is 26.8 Å². The Balaban J connectivity index is 4.07. The van der Waals surface area contributed by atoms with Crippen molar-refractivity contribution in [1.82, 2.24) is 5.32 Å². The fourth-order valence-electron chi connectivity index (χ4n) is 1.13. The standard InChI is InChI=1S/C11H24N2O3/c1-10(2,3)16-9(14)13-7-11(4,6-12)8-15-5/h6-8,12H2,1-5H3,(H,13,14). The molecule has 0 aliphatic rings. The number of hydrogen-bond donors (Lipinski definition) is 2. The molecule has 0 radical (unpaired) electrons. The number of amides is 1. The van der Waals surface area contributed by atoms with Gasteiger partial charge >= 0.3 is 6.09 Å². The van der Waals surface area contributed by atoms with Gasteiger partial charge < -0.3 is 20.5 Å². The second kappa shape index (κ2) is 6.06. The third kappa shape index (κ3) is 6.63. The highest BCUT2D eigenvalue weighted by molar-refractivity contribution is 5.67. The number of ether oxygens (including phenoxy) is 2. The fourth-order valence-corrected chi connectivity index (χ4v) is 1.13. The van der Waals surface area contributed by atoms with Crippen molar-refractivity contribution in [2.45, 2.75) is 33.3 Å². The zero-order valence-electron chi connectivity index (χ0n) is 10.9. The highest BCUT2D eigenvalue weighted by atomic mass is 16.6. The first kappa shape index (κ1) is 15.2. The lowest BCUT2D eigenvalue weighted by atomic mass is 9.92. The first-order valence-corrected chi connectivity index (χ1v) is 5.38. The van der Waals surface area contributed by atoms with Crippen LogP contribution in [0.3, 0.4) is 0 Å². The molecule has 0 saturated heterocycles. The molecule has 0 aliphatic carbocycles. The van der Waals surface area contributed by atoms with Crippen LogP contribution < -0.4 is 11.1 Å². The predicted octanol–water partition coefficient (Wildman–Crippen LogP) is 1.12. The van der Waals surface area contributed by atoms with Gasteiger partial charge in [-0.2, -0.15) is 0 Å². The molecule has 96 valence electrons. The van der Waals surface area contributed by atoms with E-state index in [1.165, 1.54) is 0 Å². The van der Waals surface area contributed by atoms with Crippen LogP contribution in [-0.4, -0.2) is 38.5 Å². The van der Waals surface area contributed by atoms with Crippen molar-refractivity contribution >= 4 is 6.09 Å². The van der Waals surface area contributed by atoms with Crippen molar-refractivity contribution in [2.24, 2.45) is 11.1 Å². The summed E-state index contributed by atoms with van der Waals surface area (Å²) >= 11 is 0. The fraction of sp³-hybridized carbons (Fsp3) is 0.909. The van der Waals surface area contributed by atoms with E-state index in [2.05, 4.69) is 5.32 Å². The summed E-state index contributed by atoms with van der Waals surface area (Å²) in [7, 11) is 1.61. The van der Waals surface area contributed by atoms with Crippen LogP contribution >= 0.6 is 0 Å². The summed E-state index contributed by atoms with van der Waals surface area (Å²) in [5.41, 5.74) is 4.89. The molecule has 0 saturated carbocycles. The summed E-state index contributed by atoms with van der Waals surface area (Å²) in [6, 6.07) is 0. The van der Waals surface area contributed by atoms with Gasteiger partial charge in [-0.15, -0.1) is 0 Å². The van der Waals surface area contributed by atoms with Crippen molar-refractivity contribution in [3.63, 3.8) is 0 Å². The molecule has 1 unspecified atom stereocenters. The molecule has 0 rings (SSSR count). The number of nitrogens with two attached hydrogens (primary N) is 1. The Hall–Kier alpha value is -0.810. The van der Waals surface area contributed by atoms with Gasteiger partial charge in [-0.05, 0) is 20.8 Å². The second-order valence-corrected chi connectivity index (χ2v) is 5.30. The van der Waals surface area contributed by atoms with Crippen LogP contribution in [-0.2, 0) is 9.47 Å². The molecule has 1 atom stereocenters. The van der Waals surface area contributed by atoms with Gasteiger partial charge in [0.25, 0.3) is 0 Å². The van der Waals surface area contributed by atoms with E-state index in [0.717, 1.165) is 0 Å². The Morgan fingerprint density at radius 3 is 2.25 bits per heavy atom. The zero-order valence-corrected chi connectivity index (χ0v) is 10.9. The van der Waals surface area contributed by atoms with Crippen molar-refractivity contribution in [3.05, 3.63) is 0 Å². The summed E-state index contributed by atoms with van der Waals surface area (Å²) < 4.78 is 10.2. The minimum atomic E-state index is -0.482. The molecular weight excluding hydrogens is 208 g/mol. The van der Waals surface area contributed by atoms with E-state index in [1.54, 1.807) is 7.11 Å². The van der Waals surface area contributed by atoms with E-state index < -0.39 is 11.7 Å². The molecule has 1 amide bonds. The van der Waals surface area contributed by atoms with Gasteiger partial charge in [-0.3, -0.25) is 0 Å². The van der Waals surface area contributed by atoms with Crippen molar-refractivity contribution in [1.29, 1.82) is 0 Å². The first-order valence-electron chi connectivity index (χ1n) is 5.38. The molecule has 0 aromatic rings. The Morgan fingerprint density at radius 1 is 1.31 bits per heavy atom. The van der Waals surface area contributed by atoms with Crippen LogP contribution in [0.1, 0.15) is 27.7 Å². The normalized spacial score (nSPS) is 15.4. The maximum absolute atomic E-state index is 11.4. The van der Waals surface area contributed by atoms with Gasteiger partial charge in [0.2, 0.25) is 0 Å². The molecule has 5 heteroatoms. The maximum atomic E-state index is 11.4. The highest BCUT2D eigenvalue weighted by Gasteiger charge is 2.24. The summed E-state index contributed by atoms with van der Waals surface area (Å²) in [6.07, 6.45) is -0.428. The molecule has 0 aromatic heterocycles. The summed E-state index contributed by atoms with van der Waals surface area (Å²) in [4.78, 5) is 11.4. The Kier molecular flexibility index (Phi) is 5.75. The van der Waals surface area contributed by atoms with Gasteiger partial charge in [-0.1, -0.05) is 6.92 Å². The van der Waals surface area contributed by atoms with Gasteiger partial charge in [0.05, 0.1) is 6.61 Å². The van der Waals surface area contributed by atoms with Crippen LogP contribution in [0, 0.1) is 5.41 Å². The van der Waals surface area contributed by atoms with Crippen molar-refractivity contribution in [3.8, 4) is 0 Å². The topological polar surface area (TPSA) is 73.6 Å². The highest BCUT2D eigenvalue weighted by Crippen LogP contribution is 2.13. The maximum Gasteiger partial charge on any atom is 0.407 e. The van der Waals surface area contributed by atoms with Crippen molar-refractivity contribution < 1.29 is 14.3 Å². The summed E-state index contributed by atoms with van der Waals surface area (Å²) in [5.74, 6) is 0. The molecule has 0 aromatic carbocycles. The number of hydrogen-bond acceptors (Lipinski definition) is 4. The lowest BCUT2D eigenvalue weighted by molar-refractivity contribution is 0.0458. The largest absolute Gasteiger partial charge is 0.444 e. The SMILES string of the molecule is COCC(C)(CN)CNC(=O)OC(C)(C)C. The van der Waals surface area contributed by atoms with Crippen LogP contribution in [0.2, 0.25) is 0 Å². The van der Waals surface area contributed by atoms with E-state index in [9.17, 15) is 4.79 Å². The average molecular weight is 232 g/mol. The monoisotopic (exact) mass is 232 g/mol. The predicted molar refractivity (Wildman–Crippen MR) is 63.3 cm³/mol. The van der Waals surface area contributed by atoms with Crippen LogP contribution in [0.25, 0.3) is 0 Å². The number of nitrogens with one attached hydrogen (secondary N) is 1. The number of carbonyl (C=O) groups is 1. The van der Waals surface area contributed by atoms with Crippen LogP contribution in [0.4, 0.5) is 4.79 Å².